The van der Waals surface area contributed by atoms with Crippen molar-refractivity contribution in [2.45, 2.75) is 149 Å². The van der Waals surface area contributed by atoms with Crippen LogP contribution in [-0.2, 0) is 31.9 Å². The third kappa shape index (κ3) is 11.2. The van der Waals surface area contributed by atoms with Crippen LogP contribution in [0.2, 0.25) is 18.1 Å². The molecule has 2 aromatic carbocycles. The van der Waals surface area contributed by atoms with Gasteiger partial charge in [-0.15, -0.1) is 0 Å². The van der Waals surface area contributed by atoms with Gasteiger partial charge in [-0.05, 0) is 104 Å². The number of pyridine rings is 1. The third-order valence-electron chi connectivity index (χ3n) is 13.7. The molecule has 7 rings (SSSR count). The van der Waals surface area contributed by atoms with Crippen LogP contribution < -0.4 is 28.7 Å². The number of benzene rings is 2. The summed E-state index contributed by atoms with van der Waals surface area (Å²) in [5, 5.41) is -0.265. The minimum Gasteiger partial charge on any atom is -0.493 e. The first-order chi connectivity index (χ1) is 33.9. The second-order valence-corrected chi connectivity index (χ2v) is 27.3. The molecule has 5 heterocycles. The van der Waals surface area contributed by atoms with Crippen LogP contribution in [0.1, 0.15) is 125 Å². The summed E-state index contributed by atoms with van der Waals surface area (Å²) in [5.74, 6) is -0.543. The van der Waals surface area contributed by atoms with Gasteiger partial charge in [-0.25, -0.2) is 19.3 Å². The van der Waals surface area contributed by atoms with E-state index in [1.807, 2.05) is 6.92 Å². The van der Waals surface area contributed by atoms with Gasteiger partial charge in [0.25, 0.3) is 11.8 Å². The minimum atomic E-state index is -2.65. The van der Waals surface area contributed by atoms with Crippen LogP contribution in [0.4, 0.5) is 21.0 Å². The molecule has 3 aromatic rings. The number of methoxy groups -OCH3 is 3. The normalized spacial score (nSPS) is 20.1. The van der Waals surface area contributed by atoms with Gasteiger partial charge in [-0.2, -0.15) is 0 Å². The van der Waals surface area contributed by atoms with Gasteiger partial charge < -0.3 is 47.4 Å². The molecule has 73 heavy (non-hydrogen) atoms. The quantitative estimate of drug-likeness (QED) is 0.0765. The van der Waals surface area contributed by atoms with Crippen LogP contribution in [0.3, 0.4) is 0 Å². The summed E-state index contributed by atoms with van der Waals surface area (Å²) in [7, 11) is 1.50. The van der Waals surface area contributed by atoms with Gasteiger partial charge in [0.05, 0.1) is 78.9 Å². The predicted molar refractivity (Wildman–Crippen MR) is 276 cm³/mol. The summed E-state index contributed by atoms with van der Waals surface area (Å²) < 4.78 is 48.7. The van der Waals surface area contributed by atoms with Crippen molar-refractivity contribution in [3.63, 3.8) is 0 Å². The van der Waals surface area contributed by atoms with E-state index < -0.39 is 56.0 Å². The fraction of sp³-hybridized carbons (Fsp3) is 0.519. The molecule has 0 saturated carbocycles. The van der Waals surface area contributed by atoms with E-state index in [1.54, 1.807) is 75.6 Å². The zero-order valence-electron chi connectivity index (χ0n) is 45.0. The molecule has 18 nitrogen and oxygen atoms in total. The molecule has 0 spiro atoms. The Morgan fingerprint density at radius 3 is 1.53 bits per heavy atom. The number of fused-ring (bicyclic) bond motifs is 4. The van der Waals surface area contributed by atoms with Crippen molar-refractivity contribution >= 4 is 49.7 Å². The van der Waals surface area contributed by atoms with Gasteiger partial charge in [-0.3, -0.25) is 19.5 Å². The molecule has 0 bridgehead atoms. The topological polar surface area (TPSA) is 185 Å². The number of rotatable bonds is 11. The van der Waals surface area contributed by atoms with Gasteiger partial charge in [0.15, 0.2) is 37.5 Å². The van der Waals surface area contributed by atoms with Crippen LogP contribution in [0.25, 0.3) is 0 Å². The number of carbonyl (C=O) groups is 5. The lowest BCUT2D eigenvalue weighted by Crippen LogP contribution is -2.58. The van der Waals surface area contributed by atoms with Crippen LogP contribution in [0.5, 0.6) is 23.0 Å². The number of carbonyl (C=O) groups excluding carboxylic acids is 5. The Kier molecular flexibility index (Phi) is 14.9. The molecule has 4 aliphatic rings. The molecule has 2 fully saturated rings. The van der Waals surface area contributed by atoms with E-state index in [2.05, 4.69) is 47.0 Å². The largest absolute Gasteiger partial charge is 0.493 e. The Balaban J connectivity index is 1.25. The zero-order valence-corrected chi connectivity index (χ0v) is 46.0. The molecule has 0 N–H and O–H groups in total. The zero-order chi connectivity index (χ0) is 53.9. The molecule has 4 aliphatic heterocycles. The number of nitrogens with zero attached hydrogens (tertiary/aromatic N) is 5. The van der Waals surface area contributed by atoms with Crippen LogP contribution in [-0.4, -0.2) is 123 Å². The van der Waals surface area contributed by atoms with Gasteiger partial charge in [0.1, 0.15) is 24.4 Å². The Bertz CT molecular complexity index is 2740. The number of ether oxygens (including phenoxy) is 7. The lowest BCUT2D eigenvalue weighted by atomic mass is 10.0. The lowest BCUT2D eigenvalue weighted by molar-refractivity contribution is 0.0339. The maximum absolute atomic E-state index is 14.7. The number of anilines is 2. The SMILES string of the molecule is C=C1C[C@H]2[C@H](C)N(C(=O)OC(C)(C)C)c3cc(OCc4cc(C(=O)OC)cc(COc5cc6c(cc5OC)C(=O)N5CC(=C)C[C@H]5[C@H](O[Si](C)(C)C(C)(C)C)N6C(=O)OC(C)(C)C)n4)c(OC)cc3C(=O)N2C1. The molecule has 19 heteroatoms. The van der Waals surface area contributed by atoms with Crippen LogP contribution in [0.15, 0.2) is 60.7 Å². The molecule has 0 unspecified atom stereocenters. The van der Waals surface area contributed by atoms with E-state index in [4.69, 9.17) is 42.6 Å². The summed E-state index contributed by atoms with van der Waals surface area (Å²) in [4.78, 5) is 81.9. The van der Waals surface area contributed by atoms with E-state index in [9.17, 15) is 24.0 Å². The average Bonchev–Trinajstić information content (AvgIpc) is 3.85. The number of amides is 4. The third-order valence-corrected chi connectivity index (χ3v) is 18.1. The first-order valence-electron chi connectivity index (χ1n) is 24.4. The molecular formula is C54H71N5O13Si. The molecule has 0 radical (unpaired) electrons. The van der Waals surface area contributed by atoms with E-state index in [0.717, 1.165) is 11.1 Å². The predicted octanol–water partition coefficient (Wildman–Crippen LogP) is 9.83. The maximum Gasteiger partial charge on any atom is 0.417 e. The number of hydrogen-bond donors (Lipinski definition) is 0. The average molecular weight is 1030 g/mol. The second kappa shape index (κ2) is 20.0. The Morgan fingerprint density at radius 1 is 0.658 bits per heavy atom. The van der Waals surface area contributed by atoms with Gasteiger partial charge in [0, 0.05) is 25.2 Å². The van der Waals surface area contributed by atoms with Crippen molar-refractivity contribution in [3.05, 3.63) is 88.8 Å². The Labute approximate surface area is 429 Å². The van der Waals surface area contributed by atoms with E-state index in [0.29, 0.717) is 19.4 Å². The Morgan fingerprint density at radius 2 is 1.10 bits per heavy atom. The second-order valence-electron chi connectivity index (χ2n) is 22.6. The highest BCUT2D eigenvalue weighted by atomic mass is 28.4. The number of aromatic nitrogens is 1. The van der Waals surface area contributed by atoms with Crippen LogP contribution >= 0.6 is 0 Å². The van der Waals surface area contributed by atoms with Crippen molar-refractivity contribution in [1.29, 1.82) is 0 Å². The fourth-order valence-corrected chi connectivity index (χ4v) is 10.4. The highest BCUT2D eigenvalue weighted by molar-refractivity contribution is 6.74. The summed E-state index contributed by atoms with van der Waals surface area (Å²) in [6, 6.07) is 7.84. The number of esters is 1. The highest BCUT2D eigenvalue weighted by Crippen LogP contribution is 2.47. The maximum atomic E-state index is 14.7. The van der Waals surface area contributed by atoms with Gasteiger partial charge >= 0.3 is 18.2 Å². The molecule has 4 amide bonds. The number of hydrogen-bond acceptors (Lipinski definition) is 14. The molecule has 0 aliphatic carbocycles. The monoisotopic (exact) mass is 1030 g/mol. The van der Waals surface area contributed by atoms with Crippen molar-refractivity contribution in [1.82, 2.24) is 14.8 Å². The van der Waals surface area contributed by atoms with Crippen molar-refractivity contribution in [2.24, 2.45) is 0 Å². The first-order valence-corrected chi connectivity index (χ1v) is 27.3. The molecular weight excluding hydrogens is 955 g/mol. The van der Waals surface area contributed by atoms with Crippen molar-refractivity contribution in [2.75, 3.05) is 44.2 Å². The minimum absolute atomic E-state index is 0.143. The van der Waals surface area contributed by atoms with E-state index in [-0.39, 0.29) is 105 Å². The van der Waals surface area contributed by atoms with E-state index in [1.165, 1.54) is 43.3 Å². The van der Waals surface area contributed by atoms with Gasteiger partial charge in [0.2, 0.25) is 0 Å². The summed E-state index contributed by atoms with van der Waals surface area (Å²) >= 11 is 0. The van der Waals surface area contributed by atoms with E-state index >= 15 is 0 Å². The van der Waals surface area contributed by atoms with Crippen molar-refractivity contribution in [3.8, 4) is 23.0 Å². The summed E-state index contributed by atoms with van der Waals surface area (Å²) in [6.07, 6.45) is -1.38. The molecule has 4 atom stereocenters. The van der Waals surface area contributed by atoms with Gasteiger partial charge in [-0.1, -0.05) is 45.1 Å². The van der Waals surface area contributed by atoms with Crippen molar-refractivity contribution < 1.29 is 61.6 Å². The summed E-state index contributed by atoms with van der Waals surface area (Å²) in [5.41, 5.74) is 1.54. The van der Waals surface area contributed by atoms with Crippen LogP contribution in [0, 0.1) is 0 Å². The molecule has 394 valence electrons. The standard InChI is InChI=1S/C54H71N5O13Si/c1-30-18-38-32(3)58(50(63)70-52(4,5)6)39-24-44(42(65-13)22-36(39)46(60)56(38)26-30)68-28-34-20-33(49(62)67-15)21-35(55-34)29-69-45-25-40-37(23-43(45)66-14)47(61)57-27-31(2)19-41(57)48(72-73(16,17)54(10,11)12)59(40)51(64)71-53(7,8)9/h20-25,32,38,41,48H,1-2,18-19,26-29H2,3-17H3/t32-,38-,41-,48-/m0/s1. The fourth-order valence-electron chi connectivity index (χ4n) is 9.22. The summed E-state index contributed by atoms with van der Waals surface area (Å²) in [6.45, 7) is 31.5. The lowest BCUT2D eigenvalue weighted by Gasteiger charge is -2.44. The molecule has 2 saturated heterocycles. The highest BCUT2D eigenvalue weighted by Gasteiger charge is 2.52. The molecule has 1 aromatic heterocycles. The first kappa shape index (κ1) is 54.2. The Hall–Kier alpha value is -6.60. The smallest absolute Gasteiger partial charge is 0.417 e.